The van der Waals surface area contributed by atoms with E-state index >= 15 is 0 Å². The van der Waals surface area contributed by atoms with Crippen LogP contribution in [-0.4, -0.2) is 16.0 Å². The number of carbonyl (C=O) groups is 1. The molecule has 2 aromatic carbocycles. The predicted octanol–water partition coefficient (Wildman–Crippen LogP) is 4.24. The highest BCUT2D eigenvalue weighted by molar-refractivity contribution is 5.88. The molecule has 0 aromatic heterocycles. The van der Waals surface area contributed by atoms with Gasteiger partial charge in [-0.1, -0.05) is 0 Å². The third-order valence-corrected chi connectivity index (χ3v) is 2.88. The van der Waals surface area contributed by atoms with E-state index in [9.17, 15) is 32.5 Å². The predicted molar refractivity (Wildman–Crippen MR) is 71.5 cm³/mol. The summed E-state index contributed by atoms with van der Waals surface area (Å²) < 4.78 is 56.4. The highest BCUT2D eigenvalue weighted by Crippen LogP contribution is 2.38. The summed E-state index contributed by atoms with van der Waals surface area (Å²) in [5, 5.41) is 19.6. The summed E-state index contributed by atoms with van der Waals surface area (Å²) >= 11 is 0. The molecule has 0 aliphatic carbocycles. The van der Waals surface area contributed by atoms with Gasteiger partial charge in [0, 0.05) is 0 Å². The second-order valence-electron chi connectivity index (χ2n) is 4.48. The first kappa shape index (κ1) is 17.2. The van der Waals surface area contributed by atoms with Crippen LogP contribution in [0.2, 0.25) is 0 Å². The van der Waals surface area contributed by atoms with E-state index in [2.05, 4.69) is 0 Å². The minimum Gasteiger partial charge on any atom is -0.478 e. The number of hydrogen-bond acceptors (Lipinski definition) is 4. The normalized spacial score (nSPS) is 11.2. The molecule has 0 radical (unpaired) electrons. The van der Waals surface area contributed by atoms with Crippen molar-refractivity contribution in [3.05, 3.63) is 63.5 Å². The molecule has 0 heterocycles. The lowest BCUT2D eigenvalue weighted by Crippen LogP contribution is -2.08. The average Bonchev–Trinajstić information content (AvgIpc) is 2.47. The Bertz CT molecular complexity index is 819. The van der Waals surface area contributed by atoms with Crippen molar-refractivity contribution in [2.75, 3.05) is 0 Å². The quantitative estimate of drug-likeness (QED) is 0.508. The first-order valence-corrected chi connectivity index (χ1v) is 6.16. The summed E-state index contributed by atoms with van der Waals surface area (Å²) in [5.74, 6) is -3.15. The first-order valence-electron chi connectivity index (χ1n) is 6.16. The number of ether oxygens (including phenoxy) is 1. The third kappa shape index (κ3) is 3.59. The molecule has 2 rings (SSSR count). The fourth-order valence-electron chi connectivity index (χ4n) is 1.83. The number of hydrogen-bond donors (Lipinski definition) is 1. The summed E-state index contributed by atoms with van der Waals surface area (Å²) in [4.78, 5) is 20.4. The molecule has 6 nitrogen and oxygen atoms in total. The Balaban J connectivity index is 2.41. The van der Waals surface area contributed by atoms with Crippen LogP contribution in [0.25, 0.3) is 0 Å². The van der Waals surface area contributed by atoms with E-state index in [0.29, 0.717) is 12.1 Å². The summed E-state index contributed by atoms with van der Waals surface area (Å²) in [7, 11) is 0. The summed E-state index contributed by atoms with van der Waals surface area (Å²) in [6.45, 7) is 0. The van der Waals surface area contributed by atoms with Gasteiger partial charge in [-0.3, -0.25) is 10.1 Å². The molecular formula is C14H7F4NO5. The molecule has 0 aliphatic heterocycles. The van der Waals surface area contributed by atoms with Gasteiger partial charge >= 0.3 is 12.1 Å². The maximum Gasteiger partial charge on any atom is 0.423 e. The molecule has 0 fully saturated rings. The van der Waals surface area contributed by atoms with Crippen LogP contribution in [0.5, 0.6) is 11.5 Å². The van der Waals surface area contributed by atoms with Crippen molar-refractivity contribution in [3.63, 3.8) is 0 Å². The van der Waals surface area contributed by atoms with Crippen molar-refractivity contribution in [2.24, 2.45) is 0 Å². The number of nitrogens with zero attached hydrogens (tertiary/aromatic N) is 1. The number of benzene rings is 2. The molecule has 0 spiro atoms. The zero-order chi connectivity index (χ0) is 18.1. The van der Waals surface area contributed by atoms with Gasteiger partial charge in [-0.05, 0) is 30.3 Å². The molecule has 126 valence electrons. The van der Waals surface area contributed by atoms with Crippen LogP contribution in [0, 0.1) is 15.9 Å². The van der Waals surface area contributed by atoms with Crippen molar-refractivity contribution < 1.29 is 37.1 Å². The molecule has 0 bridgehead atoms. The number of rotatable bonds is 4. The van der Waals surface area contributed by atoms with Gasteiger partial charge in [-0.25, -0.2) is 9.18 Å². The van der Waals surface area contributed by atoms with Crippen LogP contribution in [0.3, 0.4) is 0 Å². The zero-order valence-corrected chi connectivity index (χ0v) is 11.5. The van der Waals surface area contributed by atoms with Gasteiger partial charge in [0.25, 0.3) is 5.69 Å². The molecule has 10 heteroatoms. The lowest BCUT2D eigenvalue weighted by molar-refractivity contribution is -0.388. The molecule has 0 saturated heterocycles. The largest absolute Gasteiger partial charge is 0.478 e. The second-order valence-corrected chi connectivity index (χ2v) is 4.48. The van der Waals surface area contributed by atoms with Crippen molar-refractivity contribution >= 4 is 11.7 Å². The number of nitro benzene ring substituents is 1. The Labute approximate surface area is 131 Å². The van der Waals surface area contributed by atoms with Gasteiger partial charge in [-0.15, -0.1) is 0 Å². The van der Waals surface area contributed by atoms with Crippen molar-refractivity contribution in [3.8, 4) is 11.5 Å². The van der Waals surface area contributed by atoms with Gasteiger partial charge in [0.1, 0.15) is 22.9 Å². The van der Waals surface area contributed by atoms with Crippen molar-refractivity contribution in [1.82, 2.24) is 0 Å². The van der Waals surface area contributed by atoms with E-state index in [4.69, 9.17) is 9.84 Å². The Kier molecular flexibility index (Phi) is 4.40. The molecule has 24 heavy (non-hydrogen) atoms. The maximum atomic E-state index is 13.3. The van der Waals surface area contributed by atoms with E-state index in [1.54, 1.807) is 0 Å². The standard InChI is InChI=1S/C14H7F4NO5/c15-11-4-2-7(5-9(11)13(20)21)24-8-1-3-10(14(16,17)18)12(6-8)19(22)23/h1-6H,(H,20,21). The minimum atomic E-state index is -4.92. The number of nitro groups is 1. The number of alkyl halides is 3. The van der Waals surface area contributed by atoms with Gasteiger partial charge in [0.15, 0.2) is 0 Å². The number of aromatic carboxylic acids is 1. The Hall–Kier alpha value is -3.17. The van der Waals surface area contributed by atoms with Crippen molar-refractivity contribution in [2.45, 2.75) is 6.18 Å². The average molecular weight is 345 g/mol. The van der Waals surface area contributed by atoms with E-state index < -0.39 is 39.7 Å². The molecular weight excluding hydrogens is 338 g/mol. The molecule has 0 saturated carbocycles. The van der Waals surface area contributed by atoms with E-state index in [0.717, 1.165) is 24.3 Å². The summed E-state index contributed by atoms with van der Waals surface area (Å²) in [5.41, 5.74) is -3.39. The topological polar surface area (TPSA) is 89.7 Å². The highest BCUT2D eigenvalue weighted by Gasteiger charge is 2.38. The van der Waals surface area contributed by atoms with Crippen molar-refractivity contribution in [1.29, 1.82) is 0 Å². The lowest BCUT2D eigenvalue weighted by Gasteiger charge is -2.10. The Morgan fingerprint density at radius 3 is 2.25 bits per heavy atom. The lowest BCUT2D eigenvalue weighted by atomic mass is 10.1. The van der Waals surface area contributed by atoms with Gasteiger partial charge in [0.05, 0.1) is 16.6 Å². The van der Waals surface area contributed by atoms with Gasteiger partial charge < -0.3 is 9.84 Å². The Morgan fingerprint density at radius 2 is 1.71 bits per heavy atom. The minimum absolute atomic E-state index is 0.206. The monoisotopic (exact) mass is 345 g/mol. The highest BCUT2D eigenvalue weighted by atomic mass is 19.4. The van der Waals surface area contributed by atoms with E-state index in [1.165, 1.54) is 0 Å². The fourth-order valence-corrected chi connectivity index (χ4v) is 1.83. The smallest absolute Gasteiger partial charge is 0.423 e. The molecule has 0 amide bonds. The number of halogens is 4. The van der Waals surface area contributed by atoms with Crippen LogP contribution >= 0.6 is 0 Å². The fraction of sp³-hybridized carbons (Fsp3) is 0.0714. The van der Waals surface area contributed by atoms with Crippen LogP contribution in [-0.2, 0) is 6.18 Å². The maximum absolute atomic E-state index is 13.3. The Morgan fingerprint density at radius 1 is 1.12 bits per heavy atom. The molecule has 0 atom stereocenters. The van der Waals surface area contributed by atoms with Crippen LogP contribution in [0.4, 0.5) is 23.2 Å². The first-order chi connectivity index (χ1) is 11.1. The van der Waals surface area contributed by atoms with E-state index in [-0.39, 0.29) is 11.5 Å². The van der Waals surface area contributed by atoms with Crippen LogP contribution in [0.1, 0.15) is 15.9 Å². The third-order valence-electron chi connectivity index (χ3n) is 2.88. The van der Waals surface area contributed by atoms with Gasteiger partial charge in [-0.2, -0.15) is 13.2 Å². The molecule has 0 aliphatic rings. The second kappa shape index (κ2) is 6.14. The van der Waals surface area contributed by atoms with Gasteiger partial charge in [0.2, 0.25) is 0 Å². The molecule has 0 unspecified atom stereocenters. The number of carboxylic acids is 1. The van der Waals surface area contributed by atoms with Crippen LogP contribution in [0.15, 0.2) is 36.4 Å². The van der Waals surface area contributed by atoms with E-state index in [1.807, 2.05) is 0 Å². The molecule has 1 N–H and O–H groups in total. The van der Waals surface area contributed by atoms with Crippen LogP contribution < -0.4 is 4.74 Å². The SMILES string of the molecule is O=C(O)c1cc(Oc2ccc(C(F)(F)F)c([N+](=O)[O-])c2)ccc1F. The zero-order valence-electron chi connectivity index (χ0n) is 11.5. The summed E-state index contributed by atoms with van der Waals surface area (Å²) in [6.07, 6.45) is -4.92. The summed E-state index contributed by atoms with van der Waals surface area (Å²) in [6, 6.07) is 4.48. The molecule has 2 aromatic rings. The number of carboxylic acid groups (broad SMARTS) is 1.